The average molecular weight is 195 g/mol. The highest BCUT2D eigenvalue weighted by Gasteiger charge is 2.19. The largest absolute Gasteiger partial charge is 0.311 e. The van der Waals surface area contributed by atoms with E-state index in [2.05, 4.69) is 5.32 Å². The molecule has 0 aromatic rings. The van der Waals surface area contributed by atoms with Crippen molar-refractivity contribution in [1.29, 1.82) is 0 Å². The second-order valence-corrected chi connectivity index (χ2v) is 5.19. The van der Waals surface area contributed by atoms with Gasteiger partial charge in [0, 0.05) is 12.1 Å². The van der Waals surface area contributed by atoms with E-state index in [-0.39, 0.29) is 0 Å². The molecule has 2 rings (SSSR count). The summed E-state index contributed by atoms with van der Waals surface area (Å²) in [5, 5.41) is 3.89. The van der Waals surface area contributed by atoms with Gasteiger partial charge in [0.25, 0.3) is 0 Å². The maximum atomic E-state index is 3.89. The molecule has 0 unspecified atom stereocenters. The summed E-state index contributed by atoms with van der Waals surface area (Å²) in [4.78, 5) is 0. The molecule has 82 valence electrons. The lowest BCUT2D eigenvalue weighted by Crippen LogP contribution is -2.37. The molecule has 0 radical (unpaired) electrons. The van der Waals surface area contributed by atoms with Crippen LogP contribution in [0.5, 0.6) is 0 Å². The first-order valence-corrected chi connectivity index (χ1v) is 6.71. The first-order chi connectivity index (χ1) is 6.95. The molecular weight excluding hydrogens is 170 g/mol. The fourth-order valence-electron chi connectivity index (χ4n) is 3.05. The van der Waals surface area contributed by atoms with Crippen LogP contribution in [0, 0.1) is 0 Å². The number of hydrogen-bond acceptors (Lipinski definition) is 1. The Morgan fingerprint density at radius 3 is 1.36 bits per heavy atom. The van der Waals surface area contributed by atoms with Crippen molar-refractivity contribution < 1.29 is 0 Å². The highest BCUT2D eigenvalue weighted by molar-refractivity contribution is 4.79. The molecule has 0 bridgehead atoms. The molecule has 1 nitrogen and oxygen atoms in total. The van der Waals surface area contributed by atoms with Gasteiger partial charge in [-0.1, -0.05) is 44.9 Å². The second kappa shape index (κ2) is 5.75. The lowest BCUT2D eigenvalue weighted by Gasteiger charge is -2.24. The Balaban J connectivity index is 1.70. The van der Waals surface area contributed by atoms with Gasteiger partial charge in [-0.05, 0) is 25.7 Å². The number of rotatable bonds is 2. The highest BCUT2D eigenvalue weighted by atomic mass is 15.0. The fraction of sp³-hybridized carbons (Fsp3) is 1.00. The first kappa shape index (κ1) is 10.5. The predicted octanol–water partition coefficient (Wildman–Crippen LogP) is 3.63. The van der Waals surface area contributed by atoms with Gasteiger partial charge in [0.15, 0.2) is 0 Å². The fourth-order valence-corrected chi connectivity index (χ4v) is 3.05. The van der Waals surface area contributed by atoms with Crippen molar-refractivity contribution in [3.63, 3.8) is 0 Å². The van der Waals surface area contributed by atoms with Gasteiger partial charge < -0.3 is 5.32 Å². The minimum atomic E-state index is 0.860. The Labute approximate surface area is 88.7 Å². The lowest BCUT2D eigenvalue weighted by atomic mass is 9.96. The third kappa shape index (κ3) is 3.27. The average Bonchev–Trinajstić information content (AvgIpc) is 2.62. The Morgan fingerprint density at radius 1 is 0.500 bits per heavy atom. The SMILES string of the molecule is C1CCCC(NC2CCCC2)CCC1. The van der Waals surface area contributed by atoms with Gasteiger partial charge in [0.1, 0.15) is 0 Å². The molecular formula is C13H25N. The molecule has 0 amide bonds. The van der Waals surface area contributed by atoms with Crippen LogP contribution in [0.15, 0.2) is 0 Å². The quantitative estimate of drug-likeness (QED) is 0.709. The van der Waals surface area contributed by atoms with Crippen LogP contribution in [0.4, 0.5) is 0 Å². The molecule has 0 aromatic carbocycles. The molecule has 0 aromatic heterocycles. The molecule has 2 aliphatic carbocycles. The Hall–Kier alpha value is -0.0400. The maximum Gasteiger partial charge on any atom is 0.00696 e. The van der Waals surface area contributed by atoms with Crippen molar-refractivity contribution >= 4 is 0 Å². The van der Waals surface area contributed by atoms with E-state index in [1.54, 1.807) is 0 Å². The van der Waals surface area contributed by atoms with Crippen LogP contribution in [0.2, 0.25) is 0 Å². The van der Waals surface area contributed by atoms with E-state index >= 15 is 0 Å². The molecule has 14 heavy (non-hydrogen) atoms. The topological polar surface area (TPSA) is 12.0 Å². The molecule has 0 heterocycles. The van der Waals surface area contributed by atoms with Crippen molar-refractivity contribution in [2.75, 3.05) is 0 Å². The van der Waals surface area contributed by atoms with Gasteiger partial charge in [-0.2, -0.15) is 0 Å². The van der Waals surface area contributed by atoms with Gasteiger partial charge in [-0.3, -0.25) is 0 Å². The summed E-state index contributed by atoms with van der Waals surface area (Å²) >= 11 is 0. The van der Waals surface area contributed by atoms with Crippen LogP contribution in [-0.4, -0.2) is 12.1 Å². The summed E-state index contributed by atoms with van der Waals surface area (Å²) in [6.45, 7) is 0. The summed E-state index contributed by atoms with van der Waals surface area (Å²) in [6, 6.07) is 1.73. The lowest BCUT2D eigenvalue weighted by molar-refractivity contribution is 0.352. The molecule has 2 aliphatic rings. The first-order valence-electron chi connectivity index (χ1n) is 6.71. The Morgan fingerprint density at radius 2 is 0.857 bits per heavy atom. The van der Waals surface area contributed by atoms with Crippen molar-refractivity contribution in [2.45, 2.75) is 82.7 Å². The van der Waals surface area contributed by atoms with Crippen LogP contribution in [-0.2, 0) is 0 Å². The van der Waals surface area contributed by atoms with Gasteiger partial charge in [0.05, 0.1) is 0 Å². The summed E-state index contributed by atoms with van der Waals surface area (Å²) in [5.74, 6) is 0. The molecule has 2 saturated carbocycles. The Bertz CT molecular complexity index is 141. The standard InChI is InChI=1S/C13H25N/c1-2-4-8-12(9-5-3-1)14-13-10-6-7-11-13/h12-14H,1-11H2. The second-order valence-electron chi connectivity index (χ2n) is 5.19. The van der Waals surface area contributed by atoms with E-state index in [1.165, 1.54) is 70.6 Å². The molecule has 2 fully saturated rings. The summed E-state index contributed by atoms with van der Waals surface area (Å²) in [7, 11) is 0. The van der Waals surface area contributed by atoms with Gasteiger partial charge in [-0.25, -0.2) is 0 Å². The van der Waals surface area contributed by atoms with Crippen LogP contribution in [0.3, 0.4) is 0 Å². The van der Waals surface area contributed by atoms with E-state index in [1.807, 2.05) is 0 Å². The molecule has 1 heteroatoms. The normalized spacial score (nSPS) is 27.4. The molecule has 0 spiro atoms. The smallest absolute Gasteiger partial charge is 0.00696 e. The van der Waals surface area contributed by atoms with E-state index in [0.717, 1.165) is 12.1 Å². The van der Waals surface area contributed by atoms with Crippen molar-refractivity contribution in [2.24, 2.45) is 0 Å². The summed E-state index contributed by atoms with van der Waals surface area (Å²) < 4.78 is 0. The van der Waals surface area contributed by atoms with E-state index < -0.39 is 0 Å². The van der Waals surface area contributed by atoms with Crippen LogP contribution in [0.25, 0.3) is 0 Å². The van der Waals surface area contributed by atoms with Crippen LogP contribution < -0.4 is 5.32 Å². The van der Waals surface area contributed by atoms with Crippen LogP contribution in [0.1, 0.15) is 70.6 Å². The molecule has 1 N–H and O–H groups in total. The Kier molecular flexibility index (Phi) is 4.30. The molecule has 0 saturated heterocycles. The third-order valence-electron chi connectivity index (χ3n) is 3.93. The maximum absolute atomic E-state index is 3.89. The molecule has 0 atom stereocenters. The van der Waals surface area contributed by atoms with Crippen molar-refractivity contribution in [3.05, 3.63) is 0 Å². The van der Waals surface area contributed by atoms with Crippen molar-refractivity contribution in [3.8, 4) is 0 Å². The minimum absolute atomic E-state index is 0.860. The zero-order chi connectivity index (χ0) is 9.64. The number of hydrogen-bond donors (Lipinski definition) is 1. The van der Waals surface area contributed by atoms with Crippen molar-refractivity contribution in [1.82, 2.24) is 5.32 Å². The monoisotopic (exact) mass is 195 g/mol. The van der Waals surface area contributed by atoms with Gasteiger partial charge in [0.2, 0.25) is 0 Å². The zero-order valence-corrected chi connectivity index (χ0v) is 9.43. The van der Waals surface area contributed by atoms with Crippen LogP contribution >= 0.6 is 0 Å². The predicted molar refractivity (Wildman–Crippen MR) is 61.5 cm³/mol. The summed E-state index contributed by atoms with van der Waals surface area (Å²) in [5.41, 5.74) is 0. The molecule has 0 aliphatic heterocycles. The number of nitrogens with one attached hydrogen (secondary N) is 1. The van der Waals surface area contributed by atoms with Gasteiger partial charge >= 0.3 is 0 Å². The van der Waals surface area contributed by atoms with E-state index in [4.69, 9.17) is 0 Å². The zero-order valence-electron chi connectivity index (χ0n) is 9.43. The highest BCUT2D eigenvalue weighted by Crippen LogP contribution is 2.22. The minimum Gasteiger partial charge on any atom is -0.311 e. The third-order valence-corrected chi connectivity index (χ3v) is 3.93. The van der Waals surface area contributed by atoms with E-state index in [0.29, 0.717) is 0 Å². The summed E-state index contributed by atoms with van der Waals surface area (Å²) in [6.07, 6.45) is 16.0. The van der Waals surface area contributed by atoms with Gasteiger partial charge in [-0.15, -0.1) is 0 Å². The van der Waals surface area contributed by atoms with E-state index in [9.17, 15) is 0 Å².